The summed E-state index contributed by atoms with van der Waals surface area (Å²) < 4.78 is 37.6. The molecule has 0 aliphatic carbocycles. The highest BCUT2D eigenvalue weighted by Gasteiger charge is 2.22. The Labute approximate surface area is 152 Å². The third-order valence-electron chi connectivity index (χ3n) is 3.96. The van der Waals surface area contributed by atoms with Crippen molar-refractivity contribution in [2.24, 2.45) is 0 Å². The van der Waals surface area contributed by atoms with Crippen molar-refractivity contribution in [2.75, 3.05) is 6.79 Å². The van der Waals surface area contributed by atoms with Crippen LogP contribution in [0.5, 0.6) is 11.5 Å². The maximum atomic E-state index is 12.3. The minimum Gasteiger partial charge on any atom is -0.454 e. The zero-order valence-corrected chi connectivity index (χ0v) is 15.3. The van der Waals surface area contributed by atoms with Gasteiger partial charge in [0.25, 0.3) is 0 Å². The number of benzene rings is 2. The summed E-state index contributed by atoms with van der Waals surface area (Å²) in [6, 6.07) is 10.9. The van der Waals surface area contributed by atoms with E-state index in [1.807, 2.05) is 13.0 Å². The molecule has 0 saturated heterocycles. The average molecular weight is 376 g/mol. The first kappa shape index (κ1) is 18.2. The first-order valence-corrected chi connectivity index (χ1v) is 9.59. The van der Waals surface area contributed by atoms with Crippen molar-refractivity contribution in [1.82, 2.24) is 10.0 Å². The molecule has 2 aromatic rings. The Morgan fingerprint density at radius 2 is 1.81 bits per heavy atom. The standard InChI is InChI=1S/C18H20N2O5S/c1-12-3-6-15(7-4-12)26(22,23)20-13(2)18(21)19-10-14-5-8-16-17(9-14)25-11-24-16/h3-9,13,20H,10-11H2,1-2H3,(H,19,21)/t13-/m0/s1. The minimum absolute atomic E-state index is 0.124. The van der Waals surface area contributed by atoms with Gasteiger partial charge in [-0.2, -0.15) is 4.72 Å². The fourth-order valence-electron chi connectivity index (χ4n) is 2.46. The van der Waals surface area contributed by atoms with Crippen LogP contribution in [0.3, 0.4) is 0 Å². The highest BCUT2D eigenvalue weighted by atomic mass is 32.2. The van der Waals surface area contributed by atoms with Crippen LogP contribution in [-0.4, -0.2) is 27.2 Å². The van der Waals surface area contributed by atoms with E-state index < -0.39 is 22.0 Å². The number of ether oxygens (including phenoxy) is 2. The third kappa shape index (κ3) is 4.14. The fraction of sp³-hybridized carbons (Fsp3) is 0.278. The minimum atomic E-state index is -3.76. The van der Waals surface area contributed by atoms with E-state index in [4.69, 9.17) is 9.47 Å². The molecule has 8 heteroatoms. The van der Waals surface area contributed by atoms with E-state index in [0.717, 1.165) is 11.1 Å². The van der Waals surface area contributed by atoms with Gasteiger partial charge >= 0.3 is 0 Å². The van der Waals surface area contributed by atoms with Crippen LogP contribution in [0.15, 0.2) is 47.4 Å². The second-order valence-electron chi connectivity index (χ2n) is 6.06. The molecule has 0 aromatic heterocycles. The summed E-state index contributed by atoms with van der Waals surface area (Å²) in [6.07, 6.45) is 0. The molecule has 0 fully saturated rings. The molecular formula is C18H20N2O5S. The zero-order valence-electron chi connectivity index (χ0n) is 14.5. The van der Waals surface area contributed by atoms with Gasteiger partial charge in [-0.25, -0.2) is 8.42 Å². The number of nitrogens with one attached hydrogen (secondary N) is 2. The van der Waals surface area contributed by atoms with Crippen molar-refractivity contribution >= 4 is 15.9 Å². The lowest BCUT2D eigenvalue weighted by Crippen LogP contribution is -2.44. The maximum absolute atomic E-state index is 12.3. The predicted molar refractivity (Wildman–Crippen MR) is 95.4 cm³/mol. The van der Waals surface area contributed by atoms with Crippen LogP contribution >= 0.6 is 0 Å². The summed E-state index contributed by atoms with van der Waals surface area (Å²) in [5.41, 5.74) is 1.79. The molecule has 138 valence electrons. The smallest absolute Gasteiger partial charge is 0.241 e. The second-order valence-corrected chi connectivity index (χ2v) is 7.78. The van der Waals surface area contributed by atoms with Crippen LogP contribution in [0, 0.1) is 6.92 Å². The lowest BCUT2D eigenvalue weighted by atomic mass is 10.2. The topological polar surface area (TPSA) is 93.7 Å². The maximum Gasteiger partial charge on any atom is 0.241 e. The molecular weight excluding hydrogens is 356 g/mol. The molecule has 0 spiro atoms. The number of sulfonamides is 1. The summed E-state index contributed by atoms with van der Waals surface area (Å²) >= 11 is 0. The molecule has 1 aliphatic heterocycles. The van der Waals surface area contributed by atoms with Gasteiger partial charge in [-0.15, -0.1) is 0 Å². The van der Waals surface area contributed by atoms with Crippen molar-refractivity contribution in [2.45, 2.75) is 31.3 Å². The van der Waals surface area contributed by atoms with Gasteiger partial charge in [0, 0.05) is 6.54 Å². The van der Waals surface area contributed by atoms with E-state index in [-0.39, 0.29) is 18.2 Å². The van der Waals surface area contributed by atoms with Crippen molar-refractivity contribution in [3.8, 4) is 11.5 Å². The van der Waals surface area contributed by atoms with Crippen LogP contribution in [0.25, 0.3) is 0 Å². The number of carbonyl (C=O) groups is 1. The molecule has 1 amide bonds. The molecule has 1 heterocycles. The molecule has 0 radical (unpaired) electrons. The van der Waals surface area contributed by atoms with Crippen molar-refractivity contribution in [3.05, 3.63) is 53.6 Å². The zero-order chi connectivity index (χ0) is 18.7. The van der Waals surface area contributed by atoms with E-state index in [2.05, 4.69) is 10.0 Å². The summed E-state index contributed by atoms with van der Waals surface area (Å²) in [5.74, 6) is 0.877. The second kappa shape index (κ2) is 7.35. The lowest BCUT2D eigenvalue weighted by molar-refractivity contribution is -0.122. The molecule has 26 heavy (non-hydrogen) atoms. The van der Waals surface area contributed by atoms with Crippen LogP contribution in [-0.2, 0) is 21.4 Å². The Kier molecular flexibility index (Phi) is 5.15. The largest absolute Gasteiger partial charge is 0.454 e. The molecule has 0 saturated carbocycles. The van der Waals surface area contributed by atoms with Gasteiger partial charge in [-0.3, -0.25) is 4.79 Å². The van der Waals surface area contributed by atoms with E-state index in [9.17, 15) is 13.2 Å². The SMILES string of the molecule is Cc1ccc(S(=O)(=O)N[C@@H](C)C(=O)NCc2ccc3c(c2)OCO3)cc1. The summed E-state index contributed by atoms with van der Waals surface area (Å²) in [4.78, 5) is 12.3. The number of aryl methyl sites for hydroxylation is 1. The summed E-state index contributed by atoms with van der Waals surface area (Å²) in [5, 5.41) is 2.71. The highest BCUT2D eigenvalue weighted by Crippen LogP contribution is 2.32. The van der Waals surface area contributed by atoms with Crippen molar-refractivity contribution in [1.29, 1.82) is 0 Å². The van der Waals surface area contributed by atoms with E-state index in [1.165, 1.54) is 19.1 Å². The highest BCUT2D eigenvalue weighted by molar-refractivity contribution is 7.89. The molecule has 1 aliphatic rings. The van der Waals surface area contributed by atoms with Crippen LogP contribution in [0.4, 0.5) is 0 Å². The van der Waals surface area contributed by atoms with E-state index in [0.29, 0.717) is 11.5 Å². The molecule has 3 rings (SSSR count). The summed E-state index contributed by atoms with van der Waals surface area (Å²) in [7, 11) is -3.76. The van der Waals surface area contributed by atoms with Crippen LogP contribution in [0.1, 0.15) is 18.1 Å². The van der Waals surface area contributed by atoms with Gasteiger partial charge in [-0.05, 0) is 43.7 Å². The quantitative estimate of drug-likeness (QED) is 0.800. The molecule has 2 N–H and O–H groups in total. The number of fused-ring (bicyclic) bond motifs is 1. The van der Waals surface area contributed by atoms with Crippen LogP contribution in [0.2, 0.25) is 0 Å². The first-order chi connectivity index (χ1) is 12.3. The van der Waals surface area contributed by atoms with Gasteiger partial charge in [0.2, 0.25) is 22.7 Å². The molecule has 7 nitrogen and oxygen atoms in total. The summed E-state index contributed by atoms with van der Waals surface area (Å²) in [6.45, 7) is 3.81. The molecule has 1 atom stereocenters. The Balaban J connectivity index is 1.58. The number of amides is 1. The van der Waals surface area contributed by atoms with Gasteiger partial charge in [0.1, 0.15) is 0 Å². The van der Waals surface area contributed by atoms with Gasteiger partial charge in [0.05, 0.1) is 10.9 Å². The van der Waals surface area contributed by atoms with Gasteiger partial charge < -0.3 is 14.8 Å². The van der Waals surface area contributed by atoms with Crippen molar-refractivity contribution in [3.63, 3.8) is 0 Å². The molecule has 0 bridgehead atoms. The van der Waals surface area contributed by atoms with Gasteiger partial charge in [-0.1, -0.05) is 23.8 Å². The third-order valence-corrected chi connectivity index (χ3v) is 5.52. The molecule has 2 aromatic carbocycles. The first-order valence-electron chi connectivity index (χ1n) is 8.10. The van der Waals surface area contributed by atoms with Gasteiger partial charge in [0.15, 0.2) is 11.5 Å². The Morgan fingerprint density at radius 1 is 1.12 bits per heavy atom. The normalized spacial score (nSPS) is 14.1. The number of hydrogen-bond donors (Lipinski definition) is 2. The monoisotopic (exact) mass is 376 g/mol. The lowest BCUT2D eigenvalue weighted by Gasteiger charge is -2.15. The fourth-order valence-corrected chi connectivity index (χ4v) is 3.67. The molecule has 0 unspecified atom stereocenters. The number of carbonyl (C=O) groups excluding carboxylic acids is 1. The average Bonchev–Trinajstić information content (AvgIpc) is 3.07. The van der Waals surface area contributed by atoms with E-state index in [1.54, 1.807) is 24.3 Å². The predicted octanol–water partition coefficient (Wildman–Crippen LogP) is 1.71. The Morgan fingerprint density at radius 3 is 2.54 bits per heavy atom. The number of rotatable bonds is 6. The Hall–Kier alpha value is -2.58. The Bertz CT molecular complexity index is 910. The van der Waals surface area contributed by atoms with Crippen LogP contribution < -0.4 is 19.5 Å². The van der Waals surface area contributed by atoms with Crippen molar-refractivity contribution < 1.29 is 22.7 Å². The number of hydrogen-bond acceptors (Lipinski definition) is 5. The van der Waals surface area contributed by atoms with E-state index >= 15 is 0 Å².